The maximum atomic E-state index is 11.8. The van der Waals surface area contributed by atoms with E-state index in [1.54, 1.807) is 19.1 Å². The summed E-state index contributed by atoms with van der Waals surface area (Å²) in [6.45, 7) is 0.703. The molecule has 21 heavy (non-hydrogen) atoms. The Balaban J connectivity index is 2.41. The largest absolute Gasteiger partial charge is 0.411 e. The van der Waals surface area contributed by atoms with Crippen molar-refractivity contribution in [2.75, 3.05) is 19.8 Å². The highest BCUT2D eigenvalue weighted by atomic mass is 32.2. The zero-order chi connectivity index (χ0) is 16.1. The van der Waals surface area contributed by atoms with Crippen molar-refractivity contribution >= 4 is 10.0 Å². The minimum absolute atomic E-state index is 0.00644. The van der Waals surface area contributed by atoms with E-state index in [1.165, 1.54) is 12.1 Å². The molecular formula is C12H17F3N2O3S. The average molecular weight is 326 g/mol. The topological polar surface area (TPSA) is 81.4 Å². The van der Waals surface area contributed by atoms with E-state index in [1.807, 2.05) is 0 Å². The predicted molar refractivity (Wildman–Crippen MR) is 71.1 cm³/mol. The summed E-state index contributed by atoms with van der Waals surface area (Å²) in [4.78, 5) is 0.00644. The van der Waals surface area contributed by atoms with Crippen molar-refractivity contribution in [1.82, 2.24) is 5.32 Å². The van der Waals surface area contributed by atoms with E-state index in [4.69, 9.17) is 5.14 Å². The monoisotopic (exact) mass is 326 g/mol. The molecule has 9 heteroatoms. The molecule has 1 rings (SSSR count). The number of halogens is 3. The quantitative estimate of drug-likeness (QED) is 0.745. The number of nitrogens with two attached hydrogens (primary N) is 1. The molecule has 0 aromatic heterocycles. The molecule has 1 aromatic rings. The van der Waals surface area contributed by atoms with Gasteiger partial charge >= 0.3 is 6.18 Å². The van der Waals surface area contributed by atoms with Gasteiger partial charge in [-0.25, -0.2) is 13.6 Å². The van der Waals surface area contributed by atoms with Crippen LogP contribution >= 0.6 is 0 Å². The first-order valence-corrected chi connectivity index (χ1v) is 7.65. The van der Waals surface area contributed by atoms with Crippen LogP contribution < -0.4 is 10.5 Å². The third-order valence-electron chi connectivity index (χ3n) is 2.67. The Morgan fingerprint density at radius 2 is 1.86 bits per heavy atom. The average Bonchev–Trinajstić information content (AvgIpc) is 2.36. The maximum absolute atomic E-state index is 11.8. The molecule has 3 N–H and O–H groups in total. The van der Waals surface area contributed by atoms with Gasteiger partial charge in [-0.05, 0) is 24.6 Å². The lowest BCUT2D eigenvalue weighted by Gasteiger charge is -2.15. The second-order valence-electron chi connectivity index (χ2n) is 4.46. The summed E-state index contributed by atoms with van der Waals surface area (Å²) in [7, 11) is -3.73. The minimum Gasteiger partial charge on any atom is -0.371 e. The molecule has 0 heterocycles. The van der Waals surface area contributed by atoms with Gasteiger partial charge in [0.15, 0.2) is 0 Å². The molecule has 0 radical (unpaired) electrons. The zero-order valence-corrected chi connectivity index (χ0v) is 12.2. The van der Waals surface area contributed by atoms with Crippen LogP contribution in [0.4, 0.5) is 13.2 Å². The number of rotatable bonds is 7. The second kappa shape index (κ2) is 7.21. The van der Waals surface area contributed by atoms with Crippen LogP contribution in [0.2, 0.25) is 0 Å². The van der Waals surface area contributed by atoms with Gasteiger partial charge in [-0.3, -0.25) is 0 Å². The van der Waals surface area contributed by atoms with Crippen LogP contribution in [-0.4, -0.2) is 34.4 Å². The summed E-state index contributed by atoms with van der Waals surface area (Å²) in [6.07, 6.45) is -4.32. The molecule has 0 saturated carbocycles. The molecule has 0 aliphatic carbocycles. The molecule has 0 amide bonds. The second-order valence-corrected chi connectivity index (χ2v) is 6.02. The van der Waals surface area contributed by atoms with Gasteiger partial charge < -0.3 is 10.1 Å². The van der Waals surface area contributed by atoms with E-state index < -0.39 is 22.8 Å². The van der Waals surface area contributed by atoms with Gasteiger partial charge in [0.1, 0.15) is 6.61 Å². The SMILES string of the molecule is CC(NCCOCC(F)(F)F)c1ccc(S(N)(=O)=O)cc1. The molecule has 0 bridgehead atoms. The van der Waals surface area contributed by atoms with Gasteiger partial charge in [-0.2, -0.15) is 13.2 Å². The van der Waals surface area contributed by atoms with Crippen LogP contribution in [0.3, 0.4) is 0 Å². The van der Waals surface area contributed by atoms with E-state index in [-0.39, 0.29) is 24.1 Å². The summed E-state index contributed by atoms with van der Waals surface area (Å²) in [5, 5.41) is 7.95. The van der Waals surface area contributed by atoms with Gasteiger partial charge in [0, 0.05) is 12.6 Å². The Labute approximate surface area is 121 Å². The molecular weight excluding hydrogens is 309 g/mol. The summed E-state index contributed by atoms with van der Waals surface area (Å²) in [6, 6.07) is 5.78. The number of sulfonamides is 1. The van der Waals surface area contributed by atoms with Crippen molar-refractivity contribution in [2.24, 2.45) is 5.14 Å². The summed E-state index contributed by atoms with van der Waals surface area (Å²) >= 11 is 0. The molecule has 120 valence electrons. The molecule has 0 saturated heterocycles. The fraction of sp³-hybridized carbons (Fsp3) is 0.500. The van der Waals surface area contributed by atoms with Crippen LogP contribution in [0.15, 0.2) is 29.2 Å². The Morgan fingerprint density at radius 3 is 2.33 bits per heavy atom. The number of hydrogen-bond acceptors (Lipinski definition) is 4. The molecule has 0 fully saturated rings. The summed E-state index contributed by atoms with van der Waals surface area (Å²) in [5.41, 5.74) is 0.790. The zero-order valence-electron chi connectivity index (χ0n) is 11.4. The van der Waals surface area contributed by atoms with Crippen LogP contribution in [-0.2, 0) is 14.8 Å². The van der Waals surface area contributed by atoms with Crippen molar-refractivity contribution < 1.29 is 26.3 Å². The third-order valence-corrected chi connectivity index (χ3v) is 3.60. The predicted octanol–water partition coefficient (Wildman–Crippen LogP) is 1.56. The minimum atomic E-state index is -4.32. The van der Waals surface area contributed by atoms with Crippen LogP contribution in [0.25, 0.3) is 0 Å². The van der Waals surface area contributed by atoms with Crippen LogP contribution in [0.5, 0.6) is 0 Å². The van der Waals surface area contributed by atoms with Gasteiger partial charge in [0.05, 0.1) is 11.5 Å². The summed E-state index contributed by atoms with van der Waals surface area (Å²) in [5.74, 6) is 0. The van der Waals surface area contributed by atoms with Crippen LogP contribution in [0, 0.1) is 0 Å². The Morgan fingerprint density at radius 1 is 1.29 bits per heavy atom. The molecule has 5 nitrogen and oxygen atoms in total. The highest BCUT2D eigenvalue weighted by Crippen LogP contribution is 2.16. The lowest BCUT2D eigenvalue weighted by Crippen LogP contribution is -2.26. The number of hydrogen-bond donors (Lipinski definition) is 2. The fourth-order valence-electron chi connectivity index (χ4n) is 1.60. The molecule has 0 aliphatic heterocycles. The number of alkyl halides is 3. The number of nitrogens with one attached hydrogen (secondary N) is 1. The first-order chi connectivity index (χ1) is 9.59. The normalized spacial score (nSPS) is 14.1. The lowest BCUT2D eigenvalue weighted by molar-refractivity contribution is -0.173. The third kappa shape index (κ3) is 6.89. The number of primary sulfonamides is 1. The summed E-state index contributed by atoms with van der Waals surface area (Å²) < 4.78 is 62.2. The van der Waals surface area contributed by atoms with E-state index in [0.29, 0.717) is 0 Å². The Hall–Kier alpha value is -1.16. The van der Waals surface area contributed by atoms with Crippen molar-refractivity contribution in [2.45, 2.75) is 24.0 Å². The van der Waals surface area contributed by atoms with Gasteiger partial charge in [0.25, 0.3) is 0 Å². The standard InChI is InChI=1S/C12H17F3N2O3S/c1-9(17-6-7-20-8-12(13,14)15)10-2-4-11(5-3-10)21(16,18)19/h2-5,9,17H,6-8H2,1H3,(H2,16,18,19). The van der Waals surface area contributed by atoms with E-state index in [9.17, 15) is 21.6 Å². The molecule has 1 unspecified atom stereocenters. The molecule has 0 aliphatic rings. The molecule has 0 spiro atoms. The van der Waals surface area contributed by atoms with Crippen molar-refractivity contribution in [3.05, 3.63) is 29.8 Å². The first-order valence-electron chi connectivity index (χ1n) is 6.10. The van der Waals surface area contributed by atoms with Crippen molar-refractivity contribution in [3.63, 3.8) is 0 Å². The van der Waals surface area contributed by atoms with E-state index in [2.05, 4.69) is 10.1 Å². The number of ether oxygens (including phenoxy) is 1. The molecule has 1 aromatic carbocycles. The lowest BCUT2D eigenvalue weighted by atomic mass is 10.1. The van der Waals surface area contributed by atoms with Crippen molar-refractivity contribution in [3.8, 4) is 0 Å². The van der Waals surface area contributed by atoms with Gasteiger partial charge in [-0.15, -0.1) is 0 Å². The smallest absolute Gasteiger partial charge is 0.371 e. The highest BCUT2D eigenvalue weighted by molar-refractivity contribution is 7.89. The van der Waals surface area contributed by atoms with E-state index >= 15 is 0 Å². The van der Waals surface area contributed by atoms with Crippen LogP contribution in [0.1, 0.15) is 18.5 Å². The maximum Gasteiger partial charge on any atom is 0.411 e. The molecule has 1 atom stereocenters. The van der Waals surface area contributed by atoms with Gasteiger partial charge in [0.2, 0.25) is 10.0 Å². The van der Waals surface area contributed by atoms with Crippen molar-refractivity contribution in [1.29, 1.82) is 0 Å². The highest BCUT2D eigenvalue weighted by Gasteiger charge is 2.27. The Bertz CT molecular complexity index is 544. The number of benzene rings is 1. The Kier molecular flexibility index (Phi) is 6.14. The fourth-order valence-corrected chi connectivity index (χ4v) is 2.11. The first kappa shape index (κ1) is 17.9. The van der Waals surface area contributed by atoms with Gasteiger partial charge in [-0.1, -0.05) is 12.1 Å². The van der Waals surface area contributed by atoms with E-state index in [0.717, 1.165) is 5.56 Å².